The van der Waals surface area contributed by atoms with Crippen molar-refractivity contribution >= 4 is 17.2 Å². The normalized spacial score (nSPS) is 12.8. The monoisotopic (exact) mass is 367 g/mol. The van der Waals surface area contributed by atoms with Crippen LogP contribution in [0.3, 0.4) is 0 Å². The van der Waals surface area contributed by atoms with Gasteiger partial charge < -0.3 is 10.6 Å². The number of hydrogen-bond acceptors (Lipinski definition) is 4. The molecule has 4 rings (SSSR count). The van der Waals surface area contributed by atoms with Gasteiger partial charge >= 0.3 is 0 Å². The molecule has 2 N–H and O–H groups in total. The zero-order chi connectivity index (χ0) is 18.1. The summed E-state index contributed by atoms with van der Waals surface area (Å²) in [5.74, 6) is -0.513. The highest BCUT2D eigenvalue weighted by Crippen LogP contribution is 2.29. The number of thiazole rings is 1. The number of aryl methyl sites for hydroxylation is 1. The molecule has 0 bridgehead atoms. The fourth-order valence-electron chi connectivity index (χ4n) is 3.08. The highest BCUT2D eigenvalue weighted by molar-refractivity contribution is 7.17. The van der Waals surface area contributed by atoms with Crippen molar-refractivity contribution in [3.8, 4) is 10.6 Å². The number of halogens is 1. The zero-order valence-electron chi connectivity index (χ0n) is 14.3. The molecular weight excluding hydrogens is 349 g/mol. The summed E-state index contributed by atoms with van der Waals surface area (Å²) in [7, 11) is 0. The SMILES string of the molecule is Cc1nc(-c2ccccc2F)sc1C(=O)NCc1ccc2c(c1)CNC2. The molecule has 1 aliphatic heterocycles. The first-order valence-electron chi connectivity index (χ1n) is 8.44. The molecule has 1 aliphatic rings. The molecule has 1 amide bonds. The van der Waals surface area contributed by atoms with E-state index in [2.05, 4.69) is 27.8 Å². The van der Waals surface area contributed by atoms with Crippen molar-refractivity contribution in [3.63, 3.8) is 0 Å². The summed E-state index contributed by atoms with van der Waals surface area (Å²) in [5.41, 5.74) is 4.70. The summed E-state index contributed by atoms with van der Waals surface area (Å²) >= 11 is 1.22. The van der Waals surface area contributed by atoms with Gasteiger partial charge in [0.05, 0.1) is 5.69 Å². The van der Waals surface area contributed by atoms with Crippen LogP contribution >= 0.6 is 11.3 Å². The molecule has 0 fully saturated rings. The first kappa shape index (κ1) is 16.9. The van der Waals surface area contributed by atoms with Crippen molar-refractivity contribution in [2.45, 2.75) is 26.6 Å². The van der Waals surface area contributed by atoms with Crippen LogP contribution in [0.5, 0.6) is 0 Å². The number of rotatable bonds is 4. The maximum Gasteiger partial charge on any atom is 0.263 e. The maximum absolute atomic E-state index is 14.0. The van der Waals surface area contributed by atoms with Gasteiger partial charge in [-0.25, -0.2) is 9.37 Å². The standard InChI is InChI=1S/C20H18FN3OS/c1-12-18(26-20(24-12)16-4-2-3-5-17(16)21)19(25)23-9-13-6-7-14-10-22-11-15(14)8-13/h2-8,22H,9-11H2,1H3,(H,23,25). The van der Waals surface area contributed by atoms with Gasteiger partial charge in [0, 0.05) is 25.2 Å². The maximum atomic E-state index is 14.0. The minimum atomic E-state index is -0.333. The molecule has 6 heteroatoms. The third-order valence-corrected chi connectivity index (χ3v) is 5.65. The fourth-order valence-corrected chi connectivity index (χ4v) is 4.09. The van der Waals surface area contributed by atoms with Gasteiger partial charge in [-0.2, -0.15) is 0 Å². The van der Waals surface area contributed by atoms with Gasteiger partial charge in [-0.1, -0.05) is 30.3 Å². The molecule has 4 nitrogen and oxygen atoms in total. The average molecular weight is 367 g/mol. The van der Waals surface area contributed by atoms with E-state index in [-0.39, 0.29) is 11.7 Å². The van der Waals surface area contributed by atoms with Gasteiger partial charge in [-0.05, 0) is 35.7 Å². The van der Waals surface area contributed by atoms with Gasteiger partial charge in [0.1, 0.15) is 15.7 Å². The molecule has 3 aromatic rings. The third-order valence-electron chi connectivity index (χ3n) is 4.46. The number of carbonyl (C=O) groups is 1. The van der Waals surface area contributed by atoms with Crippen LogP contribution in [0, 0.1) is 12.7 Å². The molecule has 2 aromatic carbocycles. The van der Waals surface area contributed by atoms with E-state index in [1.165, 1.54) is 28.5 Å². The van der Waals surface area contributed by atoms with E-state index in [1.54, 1.807) is 25.1 Å². The van der Waals surface area contributed by atoms with E-state index < -0.39 is 0 Å². The Labute approximate surface area is 155 Å². The number of carbonyl (C=O) groups excluding carboxylic acids is 1. The second-order valence-electron chi connectivity index (χ2n) is 6.30. The van der Waals surface area contributed by atoms with E-state index in [1.807, 2.05) is 6.07 Å². The zero-order valence-corrected chi connectivity index (χ0v) is 15.1. The van der Waals surface area contributed by atoms with E-state index in [0.29, 0.717) is 27.7 Å². The average Bonchev–Trinajstić information content (AvgIpc) is 3.26. The van der Waals surface area contributed by atoms with Gasteiger partial charge in [0.15, 0.2) is 0 Å². The van der Waals surface area contributed by atoms with Crippen molar-refractivity contribution in [2.75, 3.05) is 0 Å². The highest BCUT2D eigenvalue weighted by Gasteiger charge is 2.18. The predicted molar refractivity (Wildman–Crippen MR) is 100 cm³/mol. The summed E-state index contributed by atoms with van der Waals surface area (Å²) in [6.45, 7) is 4.01. The molecule has 0 unspecified atom stereocenters. The van der Waals surface area contributed by atoms with E-state index in [0.717, 1.165) is 18.7 Å². The van der Waals surface area contributed by atoms with Crippen molar-refractivity contribution in [1.29, 1.82) is 0 Å². The molecule has 26 heavy (non-hydrogen) atoms. The molecule has 132 valence electrons. The van der Waals surface area contributed by atoms with E-state index in [4.69, 9.17) is 0 Å². The number of amides is 1. The van der Waals surface area contributed by atoms with Crippen LogP contribution < -0.4 is 10.6 Å². The highest BCUT2D eigenvalue weighted by atomic mass is 32.1. The number of nitrogens with zero attached hydrogens (tertiary/aromatic N) is 1. The van der Waals surface area contributed by atoms with Gasteiger partial charge in [-0.3, -0.25) is 4.79 Å². The fraction of sp³-hybridized carbons (Fsp3) is 0.200. The van der Waals surface area contributed by atoms with Crippen LogP contribution in [-0.4, -0.2) is 10.9 Å². The lowest BCUT2D eigenvalue weighted by Gasteiger charge is -2.06. The predicted octanol–water partition coefficient (Wildman–Crippen LogP) is 3.79. The molecule has 0 atom stereocenters. The van der Waals surface area contributed by atoms with Crippen molar-refractivity contribution in [3.05, 3.63) is 75.5 Å². The Morgan fingerprint density at radius 3 is 2.88 bits per heavy atom. The van der Waals surface area contributed by atoms with E-state index in [9.17, 15) is 9.18 Å². The number of nitrogens with one attached hydrogen (secondary N) is 2. The van der Waals surface area contributed by atoms with Crippen LogP contribution in [0.4, 0.5) is 4.39 Å². The van der Waals surface area contributed by atoms with Crippen molar-refractivity contribution in [1.82, 2.24) is 15.6 Å². The summed E-state index contributed by atoms with van der Waals surface area (Å²) in [6.07, 6.45) is 0. The Bertz CT molecular complexity index is 983. The molecule has 2 heterocycles. The Kier molecular flexibility index (Phi) is 4.53. The first-order valence-corrected chi connectivity index (χ1v) is 9.25. The Morgan fingerprint density at radius 1 is 1.23 bits per heavy atom. The van der Waals surface area contributed by atoms with Crippen LogP contribution in [-0.2, 0) is 19.6 Å². The first-order chi connectivity index (χ1) is 12.6. The van der Waals surface area contributed by atoms with Crippen LogP contribution in [0.15, 0.2) is 42.5 Å². The largest absolute Gasteiger partial charge is 0.347 e. The lowest BCUT2D eigenvalue weighted by atomic mass is 10.1. The summed E-state index contributed by atoms with van der Waals surface area (Å²) in [6, 6.07) is 12.7. The number of hydrogen-bond donors (Lipinski definition) is 2. The van der Waals surface area contributed by atoms with Gasteiger partial charge in [0.25, 0.3) is 5.91 Å². The van der Waals surface area contributed by atoms with Gasteiger partial charge in [0.2, 0.25) is 0 Å². The van der Waals surface area contributed by atoms with Crippen molar-refractivity contribution < 1.29 is 9.18 Å². The molecule has 0 saturated carbocycles. The molecule has 0 saturated heterocycles. The number of benzene rings is 2. The molecular formula is C20H18FN3OS. The minimum absolute atomic E-state index is 0.179. The molecule has 0 aliphatic carbocycles. The Balaban J connectivity index is 1.49. The van der Waals surface area contributed by atoms with E-state index >= 15 is 0 Å². The van der Waals surface area contributed by atoms with Crippen LogP contribution in [0.2, 0.25) is 0 Å². The lowest BCUT2D eigenvalue weighted by Crippen LogP contribution is -2.22. The quantitative estimate of drug-likeness (QED) is 0.738. The molecule has 0 spiro atoms. The topological polar surface area (TPSA) is 54.0 Å². The number of fused-ring (bicyclic) bond motifs is 1. The molecule has 1 aromatic heterocycles. The summed E-state index contributed by atoms with van der Waals surface area (Å²) in [4.78, 5) is 17.4. The van der Waals surface area contributed by atoms with Gasteiger partial charge in [-0.15, -0.1) is 11.3 Å². The Hall–Kier alpha value is -2.57. The minimum Gasteiger partial charge on any atom is -0.347 e. The third kappa shape index (κ3) is 3.25. The van der Waals surface area contributed by atoms with Crippen LogP contribution in [0.25, 0.3) is 10.6 Å². The second-order valence-corrected chi connectivity index (χ2v) is 7.30. The van der Waals surface area contributed by atoms with Crippen molar-refractivity contribution in [2.24, 2.45) is 0 Å². The Morgan fingerprint density at radius 2 is 2.04 bits per heavy atom. The smallest absolute Gasteiger partial charge is 0.263 e. The van der Waals surface area contributed by atoms with Crippen LogP contribution in [0.1, 0.15) is 32.1 Å². The lowest BCUT2D eigenvalue weighted by molar-refractivity contribution is 0.0954. The molecule has 0 radical (unpaired) electrons. The summed E-state index contributed by atoms with van der Waals surface area (Å²) < 4.78 is 14.0. The second kappa shape index (κ2) is 6.97. The summed E-state index contributed by atoms with van der Waals surface area (Å²) in [5, 5.41) is 6.78. The number of aromatic nitrogens is 1.